The summed E-state index contributed by atoms with van der Waals surface area (Å²) < 4.78 is 5.70. The number of nitrogens with one attached hydrogen (secondary N) is 1. The molecular weight excluding hydrogens is 314 g/mol. The molecule has 3 aliphatic rings. The molecule has 3 heterocycles. The highest BCUT2D eigenvalue weighted by atomic mass is 35.5. The molecule has 1 aromatic carbocycles. The van der Waals surface area contributed by atoms with Crippen LogP contribution in [-0.2, 0) is 11.2 Å². The van der Waals surface area contributed by atoms with Gasteiger partial charge in [-0.2, -0.15) is 5.26 Å². The smallest absolute Gasteiger partial charge is 0.227 e. The fourth-order valence-electron chi connectivity index (χ4n) is 4.13. The molecule has 1 aromatic rings. The van der Waals surface area contributed by atoms with Crippen molar-refractivity contribution in [2.45, 2.75) is 43.8 Å². The second-order valence-corrected chi connectivity index (χ2v) is 7.06. The Morgan fingerprint density at radius 2 is 2.30 bits per heavy atom. The SMILES string of the molecule is N#CN1[C@H]2CC[C@@H]1[C@H](NC(=O)[C@@H]1COc3ccc(Cl)cc3C1)C2. The highest BCUT2D eigenvalue weighted by molar-refractivity contribution is 6.30. The van der Waals surface area contributed by atoms with Crippen LogP contribution < -0.4 is 10.1 Å². The maximum atomic E-state index is 12.6. The molecule has 4 atom stereocenters. The van der Waals surface area contributed by atoms with Crippen LogP contribution in [0, 0.1) is 17.4 Å². The lowest BCUT2D eigenvalue weighted by atomic mass is 9.92. The van der Waals surface area contributed by atoms with Crippen molar-refractivity contribution in [3.8, 4) is 11.9 Å². The molecule has 0 unspecified atom stereocenters. The predicted octanol–water partition coefficient (Wildman–Crippen LogP) is 2.09. The van der Waals surface area contributed by atoms with Gasteiger partial charge in [0.25, 0.3) is 0 Å². The van der Waals surface area contributed by atoms with Gasteiger partial charge >= 0.3 is 0 Å². The van der Waals surface area contributed by atoms with Crippen LogP contribution in [0.1, 0.15) is 24.8 Å². The van der Waals surface area contributed by atoms with Crippen molar-refractivity contribution >= 4 is 17.5 Å². The number of carbonyl (C=O) groups is 1. The molecule has 2 fully saturated rings. The molecule has 0 aromatic heterocycles. The van der Waals surface area contributed by atoms with Crippen molar-refractivity contribution in [2.24, 2.45) is 5.92 Å². The van der Waals surface area contributed by atoms with Gasteiger partial charge in [0.05, 0.1) is 18.0 Å². The highest BCUT2D eigenvalue weighted by Crippen LogP contribution is 2.37. The zero-order valence-corrected chi connectivity index (χ0v) is 13.4. The van der Waals surface area contributed by atoms with E-state index in [0.717, 1.165) is 30.6 Å². The molecule has 6 heteroatoms. The quantitative estimate of drug-likeness (QED) is 0.843. The van der Waals surface area contributed by atoms with Crippen LogP contribution >= 0.6 is 11.6 Å². The van der Waals surface area contributed by atoms with E-state index in [1.807, 2.05) is 17.0 Å². The number of halogens is 1. The molecule has 120 valence electrons. The number of ether oxygens (including phenoxy) is 1. The van der Waals surface area contributed by atoms with Gasteiger partial charge < -0.3 is 15.0 Å². The maximum absolute atomic E-state index is 12.6. The maximum Gasteiger partial charge on any atom is 0.227 e. The van der Waals surface area contributed by atoms with Crippen molar-refractivity contribution in [3.05, 3.63) is 28.8 Å². The van der Waals surface area contributed by atoms with E-state index in [9.17, 15) is 10.1 Å². The van der Waals surface area contributed by atoms with Crippen LogP contribution in [0.15, 0.2) is 18.2 Å². The van der Waals surface area contributed by atoms with Crippen molar-refractivity contribution in [1.29, 1.82) is 5.26 Å². The molecule has 2 bridgehead atoms. The van der Waals surface area contributed by atoms with Crippen LogP contribution in [0.25, 0.3) is 0 Å². The summed E-state index contributed by atoms with van der Waals surface area (Å²) in [6.45, 7) is 0.392. The summed E-state index contributed by atoms with van der Waals surface area (Å²) in [4.78, 5) is 14.5. The van der Waals surface area contributed by atoms with Gasteiger partial charge in [-0.15, -0.1) is 0 Å². The number of benzene rings is 1. The zero-order chi connectivity index (χ0) is 16.0. The van der Waals surface area contributed by atoms with Gasteiger partial charge in [0.15, 0.2) is 6.19 Å². The largest absolute Gasteiger partial charge is 0.492 e. The van der Waals surface area contributed by atoms with E-state index < -0.39 is 0 Å². The molecule has 4 rings (SSSR count). The van der Waals surface area contributed by atoms with Crippen LogP contribution in [0.4, 0.5) is 0 Å². The number of hydrogen-bond donors (Lipinski definition) is 1. The molecule has 5 nitrogen and oxygen atoms in total. The van der Waals surface area contributed by atoms with E-state index in [2.05, 4.69) is 11.5 Å². The van der Waals surface area contributed by atoms with E-state index in [1.165, 1.54) is 0 Å². The summed E-state index contributed by atoms with van der Waals surface area (Å²) in [6.07, 6.45) is 5.84. The number of fused-ring (bicyclic) bond motifs is 3. The molecule has 2 saturated heterocycles. The summed E-state index contributed by atoms with van der Waals surface area (Å²) in [5.41, 5.74) is 0.982. The molecular formula is C17H18ClN3O2. The first kappa shape index (κ1) is 14.6. The number of rotatable bonds is 2. The van der Waals surface area contributed by atoms with Crippen LogP contribution in [0.2, 0.25) is 5.02 Å². The average molecular weight is 332 g/mol. The minimum absolute atomic E-state index is 0.0195. The molecule has 0 aliphatic carbocycles. The predicted molar refractivity (Wildman–Crippen MR) is 85.0 cm³/mol. The third-order valence-electron chi connectivity index (χ3n) is 5.28. The standard InChI is InChI=1S/C17H18ClN3O2/c18-12-1-4-16-10(6-12)5-11(8-23-16)17(22)20-14-7-13-2-3-15(14)21(13)9-19/h1,4,6,11,13-15H,2-3,5,7-8H2,(H,20,22)/t11-,13-,14+,15+/m0/s1. The third-order valence-corrected chi connectivity index (χ3v) is 5.51. The molecule has 3 aliphatic heterocycles. The monoisotopic (exact) mass is 331 g/mol. The van der Waals surface area contributed by atoms with Gasteiger partial charge in [-0.3, -0.25) is 4.79 Å². The summed E-state index contributed by atoms with van der Waals surface area (Å²) in [6, 6.07) is 6.07. The lowest BCUT2D eigenvalue weighted by Crippen LogP contribution is -2.47. The number of nitrogens with zero attached hydrogens (tertiary/aromatic N) is 2. The highest BCUT2D eigenvalue weighted by Gasteiger charge is 2.47. The van der Waals surface area contributed by atoms with Gasteiger partial charge in [-0.1, -0.05) is 11.6 Å². The first-order valence-corrected chi connectivity index (χ1v) is 8.43. The zero-order valence-electron chi connectivity index (χ0n) is 12.7. The Kier molecular flexibility index (Phi) is 3.57. The number of amides is 1. The van der Waals surface area contributed by atoms with Gasteiger partial charge in [0, 0.05) is 11.1 Å². The van der Waals surface area contributed by atoms with Gasteiger partial charge in [0.1, 0.15) is 12.4 Å². The Morgan fingerprint density at radius 1 is 1.43 bits per heavy atom. The van der Waals surface area contributed by atoms with Crippen LogP contribution in [0.5, 0.6) is 5.75 Å². The summed E-state index contributed by atoms with van der Waals surface area (Å²) >= 11 is 6.02. The van der Waals surface area contributed by atoms with Crippen LogP contribution in [-0.4, -0.2) is 35.5 Å². The van der Waals surface area contributed by atoms with E-state index in [4.69, 9.17) is 16.3 Å². The number of nitriles is 1. The number of carbonyl (C=O) groups excluding carboxylic acids is 1. The molecule has 23 heavy (non-hydrogen) atoms. The Balaban J connectivity index is 1.42. The average Bonchev–Trinajstić information content (AvgIpc) is 3.10. The third kappa shape index (κ3) is 2.51. The van der Waals surface area contributed by atoms with Crippen molar-refractivity contribution in [3.63, 3.8) is 0 Å². The van der Waals surface area contributed by atoms with Gasteiger partial charge in [-0.25, -0.2) is 0 Å². The van der Waals surface area contributed by atoms with Gasteiger partial charge in [-0.05, 0) is 49.4 Å². The number of hydrogen-bond acceptors (Lipinski definition) is 4. The molecule has 0 radical (unpaired) electrons. The summed E-state index contributed by atoms with van der Waals surface area (Å²) in [5.74, 6) is 0.635. The fraction of sp³-hybridized carbons (Fsp3) is 0.529. The van der Waals surface area contributed by atoms with Crippen molar-refractivity contribution < 1.29 is 9.53 Å². The first-order valence-electron chi connectivity index (χ1n) is 8.05. The van der Waals surface area contributed by atoms with Crippen molar-refractivity contribution in [1.82, 2.24) is 10.2 Å². The van der Waals surface area contributed by atoms with Crippen LogP contribution in [0.3, 0.4) is 0 Å². The summed E-state index contributed by atoms with van der Waals surface area (Å²) in [7, 11) is 0. The molecule has 1 N–H and O–H groups in total. The topological polar surface area (TPSA) is 65.4 Å². The van der Waals surface area contributed by atoms with Crippen molar-refractivity contribution in [2.75, 3.05) is 6.61 Å². The Morgan fingerprint density at radius 3 is 3.09 bits per heavy atom. The lowest BCUT2D eigenvalue weighted by Gasteiger charge is -2.28. The van der Waals surface area contributed by atoms with Gasteiger partial charge in [0.2, 0.25) is 5.91 Å². The Labute approximate surface area is 140 Å². The van der Waals surface area contributed by atoms with E-state index >= 15 is 0 Å². The Bertz CT molecular complexity index is 687. The summed E-state index contributed by atoms with van der Waals surface area (Å²) in [5, 5.41) is 13.0. The first-order chi connectivity index (χ1) is 11.2. The fourth-order valence-corrected chi connectivity index (χ4v) is 4.33. The minimum atomic E-state index is -0.198. The second-order valence-electron chi connectivity index (χ2n) is 6.62. The van der Waals surface area contributed by atoms with E-state index in [-0.39, 0.29) is 23.9 Å². The lowest BCUT2D eigenvalue weighted by molar-refractivity contribution is -0.127. The second kappa shape index (κ2) is 5.61. The molecule has 1 amide bonds. The Hall–Kier alpha value is -1.93. The van der Waals surface area contributed by atoms with E-state index in [0.29, 0.717) is 24.1 Å². The molecule has 0 saturated carbocycles. The normalized spacial score (nSPS) is 31.2. The minimum Gasteiger partial charge on any atom is -0.492 e. The van der Waals surface area contributed by atoms with E-state index in [1.54, 1.807) is 6.07 Å². The molecule has 0 spiro atoms.